The molecule has 0 unspecified atom stereocenters. The quantitative estimate of drug-likeness (QED) is 0.598. The van der Waals surface area contributed by atoms with Crippen LogP contribution in [0.4, 0.5) is 5.95 Å². The predicted octanol–water partition coefficient (Wildman–Crippen LogP) is 3.66. The summed E-state index contributed by atoms with van der Waals surface area (Å²) in [6.07, 6.45) is 11.6. The first-order valence-electron chi connectivity index (χ1n) is 8.34. The highest BCUT2D eigenvalue weighted by Crippen LogP contribution is 2.30. The number of H-pyrrole nitrogens is 1. The average Bonchev–Trinajstić information content (AvgIpc) is 3.38. The summed E-state index contributed by atoms with van der Waals surface area (Å²) in [4.78, 5) is 20.9. The molecule has 0 aliphatic heterocycles. The number of anilines is 1. The van der Waals surface area contributed by atoms with Crippen LogP contribution in [0.15, 0.2) is 55.2 Å². The molecule has 1 aliphatic carbocycles. The van der Waals surface area contributed by atoms with Crippen LogP contribution in [-0.4, -0.2) is 31.0 Å². The zero-order valence-electron chi connectivity index (χ0n) is 13.5. The molecule has 0 amide bonds. The van der Waals surface area contributed by atoms with Gasteiger partial charge in [0.2, 0.25) is 5.95 Å². The zero-order chi connectivity index (χ0) is 16.6. The number of fused-ring (bicyclic) bond motifs is 1. The Hall–Kier alpha value is -3.28. The molecule has 4 aromatic heterocycles. The molecule has 0 radical (unpaired) electrons. The largest absolute Gasteiger partial charge is 0.351 e. The van der Waals surface area contributed by atoms with Gasteiger partial charge in [0, 0.05) is 59.1 Å². The lowest BCUT2D eigenvalue weighted by atomic mass is 10.1. The van der Waals surface area contributed by atoms with Gasteiger partial charge in [-0.15, -0.1) is 0 Å². The Kier molecular flexibility index (Phi) is 3.19. The molecule has 4 aromatic rings. The molecule has 122 valence electrons. The van der Waals surface area contributed by atoms with E-state index >= 15 is 0 Å². The van der Waals surface area contributed by atoms with Crippen molar-refractivity contribution < 1.29 is 0 Å². The van der Waals surface area contributed by atoms with Gasteiger partial charge in [-0.25, -0.2) is 15.0 Å². The summed E-state index contributed by atoms with van der Waals surface area (Å²) in [7, 11) is 0. The first kappa shape index (κ1) is 14.1. The van der Waals surface area contributed by atoms with Gasteiger partial charge in [-0.2, -0.15) is 0 Å². The van der Waals surface area contributed by atoms with Gasteiger partial charge in [-0.05, 0) is 31.0 Å². The standard InChI is InChI=1S/C19H16N6/c1-2-12(9-20-6-1)13-8-15-16(11-23-18(15)22-10-13)17-5-7-21-19(25-17)24-14-3-4-14/h1-2,5-11,14H,3-4H2,(H,22,23)(H,21,24,25). The fraction of sp³-hybridized carbons (Fsp3) is 0.158. The van der Waals surface area contributed by atoms with Gasteiger partial charge in [0.05, 0.1) is 5.69 Å². The fourth-order valence-electron chi connectivity index (χ4n) is 2.90. The second-order valence-electron chi connectivity index (χ2n) is 6.25. The minimum absolute atomic E-state index is 0.525. The molecule has 1 saturated carbocycles. The maximum atomic E-state index is 4.67. The van der Waals surface area contributed by atoms with Crippen LogP contribution < -0.4 is 5.32 Å². The molecule has 2 N–H and O–H groups in total. The molecule has 25 heavy (non-hydrogen) atoms. The SMILES string of the molecule is c1cncc(-c2cnc3[nH]cc(-c4ccnc(NC5CC5)n4)c3c2)c1. The Morgan fingerprint density at radius 3 is 2.84 bits per heavy atom. The third-order valence-electron chi connectivity index (χ3n) is 4.37. The van der Waals surface area contributed by atoms with E-state index in [1.807, 2.05) is 36.8 Å². The van der Waals surface area contributed by atoms with Crippen LogP contribution in [-0.2, 0) is 0 Å². The monoisotopic (exact) mass is 328 g/mol. The normalized spacial score (nSPS) is 13.9. The molecule has 6 heteroatoms. The Labute approximate surface area is 144 Å². The highest BCUT2D eigenvalue weighted by atomic mass is 15.1. The van der Waals surface area contributed by atoms with Gasteiger partial charge in [-0.1, -0.05) is 6.07 Å². The second kappa shape index (κ2) is 5.66. The van der Waals surface area contributed by atoms with E-state index in [0.29, 0.717) is 12.0 Å². The van der Waals surface area contributed by atoms with Crippen molar-refractivity contribution in [1.29, 1.82) is 0 Å². The number of aromatic nitrogens is 5. The van der Waals surface area contributed by atoms with Gasteiger partial charge in [0.1, 0.15) is 5.65 Å². The number of nitrogens with one attached hydrogen (secondary N) is 2. The molecule has 4 heterocycles. The summed E-state index contributed by atoms with van der Waals surface area (Å²) in [6, 6.07) is 8.54. The Morgan fingerprint density at radius 2 is 2.00 bits per heavy atom. The fourth-order valence-corrected chi connectivity index (χ4v) is 2.90. The summed E-state index contributed by atoms with van der Waals surface area (Å²) >= 11 is 0. The number of hydrogen-bond acceptors (Lipinski definition) is 5. The summed E-state index contributed by atoms with van der Waals surface area (Å²) in [5, 5.41) is 4.39. The molecule has 0 saturated heterocycles. The van der Waals surface area contributed by atoms with Gasteiger partial charge in [0.25, 0.3) is 0 Å². The lowest BCUT2D eigenvalue weighted by Crippen LogP contribution is -2.05. The Morgan fingerprint density at radius 1 is 1.04 bits per heavy atom. The van der Waals surface area contributed by atoms with Crippen LogP contribution in [0.5, 0.6) is 0 Å². The minimum atomic E-state index is 0.525. The van der Waals surface area contributed by atoms with Crippen molar-refractivity contribution in [3.05, 3.63) is 55.2 Å². The van der Waals surface area contributed by atoms with Crippen molar-refractivity contribution in [1.82, 2.24) is 24.9 Å². The third-order valence-corrected chi connectivity index (χ3v) is 4.37. The molecule has 6 nitrogen and oxygen atoms in total. The van der Waals surface area contributed by atoms with E-state index in [9.17, 15) is 0 Å². The van der Waals surface area contributed by atoms with Crippen molar-refractivity contribution in [3.8, 4) is 22.4 Å². The number of hydrogen-bond donors (Lipinski definition) is 2. The smallest absolute Gasteiger partial charge is 0.223 e. The minimum Gasteiger partial charge on any atom is -0.351 e. The number of pyridine rings is 2. The molecule has 1 aliphatic rings. The third kappa shape index (κ3) is 2.71. The van der Waals surface area contributed by atoms with Crippen LogP contribution in [0.25, 0.3) is 33.4 Å². The van der Waals surface area contributed by atoms with E-state index in [1.54, 1.807) is 12.4 Å². The van der Waals surface area contributed by atoms with Crippen LogP contribution in [0.3, 0.4) is 0 Å². The Bertz CT molecular complexity index is 1040. The average molecular weight is 328 g/mol. The first-order valence-corrected chi connectivity index (χ1v) is 8.34. The maximum Gasteiger partial charge on any atom is 0.223 e. The summed E-state index contributed by atoms with van der Waals surface area (Å²) < 4.78 is 0. The second-order valence-corrected chi connectivity index (χ2v) is 6.25. The van der Waals surface area contributed by atoms with Crippen LogP contribution in [0.2, 0.25) is 0 Å². The lowest BCUT2D eigenvalue weighted by Gasteiger charge is -2.05. The van der Waals surface area contributed by atoms with Crippen molar-refractivity contribution in [3.63, 3.8) is 0 Å². The lowest BCUT2D eigenvalue weighted by molar-refractivity contribution is 1.06. The van der Waals surface area contributed by atoms with E-state index < -0.39 is 0 Å². The topological polar surface area (TPSA) is 79.4 Å². The van der Waals surface area contributed by atoms with Gasteiger partial charge in [0.15, 0.2) is 0 Å². The summed E-state index contributed by atoms with van der Waals surface area (Å²) in [5.74, 6) is 0.686. The van der Waals surface area contributed by atoms with E-state index in [-0.39, 0.29) is 0 Å². The zero-order valence-corrected chi connectivity index (χ0v) is 13.5. The molecule has 0 atom stereocenters. The molecule has 0 aromatic carbocycles. The first-order chi connectivity index (χ1) is 12.4. The van der Waals surface area contributed by atoms with Crippen molar-refractivity contribution in [2.45, 2.75) is 18.9 Å². The summed E-state index contributed by atoms with van der Waals surface area (Å²) in [6.45, 7) is 0. The predicted molar refractivity (Wildman–Crippen MR) is 97.0 cm³/mol. The summed E-state index contributed by atoms with van der Waals surface area (Å²) in [5.41, 5.74) is 4.83. The molecule has 5 rings (SSSR count). The van der Waals surface area contributed by atoms with Gasteiger partial charge < -0.3 is 10.3 Å². The number of nitrogens with zero attached hydrogens (tertiary/aromatic N) is 4. The van der Waals surface area contributed by atoms with Crippen molar-refractivity contribution >= 4 is 17.0 Å². The highest BCUT2D eigenvalue weighted by molar-refractivity contribution is 5.94. The molecule has 0 bridgehead atoms. The number of aromatic amines is 1. The maximum absolute atomic E-state index is 4.67. The van der Waals surface area contributed by atoms with E-state index in [4.69, 9.17) is 0 Å². The molecule has 0 spiro atoms. The van der Waals surface area contributed by atoms with E-state index in [2.05, 4.69) is 36.3 Å². The van der Waals surface area contributed by atoms with Crippen molar-refractivity contribution in [2.75, 3.05) is 5.32 Å². The molecular weight excluding hydrogens is 312 g/mol. The van der Waals surface area contributed by atoms with Crippen LogP contribution >= 0.6 is 0 Å². The van der Waals surface area contributed by atoms with Gasteiger partial charge >= 0.3 is 0 Å². The Balaban J connectivity index is 1.59. The van der Waals surface area contributed by atoms with E-state index in [0.717, 1.165) is 33.4 Å². The van der Waals surface area contributed by atoms with Gasteiger partial charge in [-0.3, -0.25) is 4.98 Å². The van der Waals surface area contributed by atoms with E-state index in [1.165, 1.54) is 12.8 Å². The van der Waals surface area contributed by atoms with Crippen LogP contribution in [0, 0.1) is 0 Å². The number of rotatable bonds is 4. The van der Waals surface area contributed by atoms with Crippen LogP contribution in [0.1, 0.15) is 12.8 Å². The van der Waals surface area contributed by atoms with Crippen molar-refractivity contribution in [2.24, 2.45) is 0 Å². The molecule has 1 fully saturated rings. The highest BCUT2D eigenvalue weighted by Gasteiger charge is 2.22. The molecular formula is C19H16N6.